The van der Waals surface area contributed by atoms with Crippen molar-refractivity contribution in [1.82, 2.24) is 9.29 Å². The smallest absolute Gasteiger partial charge is 0.416 e. The normalized spacial score (nSPS) is 16.5. The summed E-state index contributed by atoms with van der Waals surface area (Å²) in [6.07, 6.45) is -4.06. The van der Waals surface area contributed by atoms with E-state index in [4.69, 9.17) is 16.3 Å². The summed E-state index contributed by atoms with van der Waals surface area (Å²) in [6, 6.07) is 7.46. The summed E-state index contributed by atoms with van der Waals surface area (Å²) in [5, 5.41) is 0.294. The first-order chi connectivity index (χ1) is 11.7. The topological polar surface area (TPSA) is 59.5 Å². The quantitative estimate of drug-likeness (QED) is 0.801. The fourth-order valence-corrected chi connectivity index (χ4v) is 4.07. The third-order valence-electron chi connectivity index (χ3n) is 3.60. The van der Waals surface area contributed by atoms with Crippen molar-refractivity contribution < 1.29 is 26.3 Å². The number of hydrogen-bond donors (Lipinski definition) is 0. The molecule has 0 spiro atoms. The van der Waals surface area contributed by atoms with Gasteiger partial charge in [-0.2, -0.15) is 17.5 Å². The van der Waals surface area contributed by atoms with Gasteiger partial charge in [-0.05, 0) is 24.3 Å². The van der Waals surface area contributed by atoms with E-state index in [1.807, 2.05) is 0 Å². The van der Waals surface area contributed by atoms with Crippen molar-refractivity contribution in [3.8, 4) is 5.88 Å². The van der Waals surface area contributed by atoms with Crippen molar-refractivity contribution in [2.75, 3.05) is 13.1 Å². The van der Waals surface area contributed by atoms with E-state index in [9.17, 15) is 21.6 Å². The lowest BCUT2D eigenvalue weighted by atomic mass is 10.2. The Morgan fingerprint density at radius 2 is 1.92 bits per heavy atom. The molecular weight excluding hydrogens is 381 g/mol. The monoisotopic (exact) mass is 392 g/mol. The molecule has 1 fully saturated rings. The van der Waals surface area contributed by atoms with E-state index < -0.39 is 27.9 Å². The lowest BCUT2D eigenvalue weighted by Crippen LogP contribution is -2.56. The summed E-state index contributed by atoms with van der Waals surface area (Å²) in [4.78, 5) is 3.78. The van der Waals surface area contributed by atoms with E-state index in [1.165, 1.54) is 18.2 Å². The van der Waals surface area contributed by atoms with Crippen LogP contribution in [0.25, 0.3) is 0 Å². The van der Waals surface area contributed by atoms with Crippen LogP contribution in [0.1, 0.15) is 5.56 Å². The second kappa shape index (κ2) is 6.47. The maximum atomic E-state index is 12.7. The Labute approximate surface area is 147 Å². The summed E-state index contributed by atoms with van der Waals surface area (Å²) in [6.45, 7) is 0.0412. The molecule has 10 heteroatoms. The molecule has 0 bridgehead atoms. The first kappa shape index (κ1) is 18.0. The van der Waals surface area contributed by atoms with Crippen LogP contribution < -0.4 is 4.74 Å². The highest BCUT2D eigenvalue weighted by Crippen LogP contribution is 2.31. The minimum Gasteiger partial charge on any atom is -0.472 e. The van der Waals surface area contributed by atoms with Crippen molar-refractivity contribution >= 4 is 21.6 Å². The molecule has 2 aromatic rings. The van der Waals surface area contributed by atoms with Crippen LogP contribution in [-0.2, 0) is 16.2 Å². The lowest BCUT2D eigenvalue weighted by molar-refractivity contribution is -0.137. The van der Waals surface area contributed by atoms with E-state index in [0.717, 1.165) is 22.6 Å². The average molecular weight is 393 g/mol. The molecule has 0 unspecified atom stereocenters. The summed E-state index contributed by atoms with van der Waals surface area (Å²) in [7, 11) is -3.71. The van der Waals surface area contributed by atoms with Gasteiger partial charge >= 0.3 is 6.18 Å². The fourth-order valence-electron chi connectivity index (χ4n) is 2.27. The van der Waals surface area contributed by atoms with E-state index >= 15 is 0 Å². The van der Waals surface area contributed by atoms with E-state index in [0.29, 0.717) is 5.02 Å². The first-order valence-corrected chi connectivity index (χ1v) is 8.94. The molecule has 0 amide bonds. The number of halogens is 4. The largest absolute Gasteiger partial charge is 0.472 e. The zero-order valence-corrected chi connectivity index (χ0v) is 14.1. The standard InChI is InChI=1S/C15H12ClF3N2O3S/c16-11-2-1-3-13(7-11)25(22,23)21-8-12(9-21)24-14-6-10(4-5-20-14)15(17,18)19/h1-7,12H,8-9H2. The average Bonchev–Trinajstić information content (AvgIpc) is 2.50. The maximum Gasteiger partial charge on any atom is 0.416 e. The Morgan fingerprint density at radius 3 is 2.56 bits per heavy atom. The molecule has 134 valence electrons. The number of aromatic nitrogens is 1. The van der Waals surface area contributed by atoms with Gasteiger partial charge in [0.1, 0.15) is 6.10 Å². The van der Waals surface area contributed by atoms with Crippen molar-refractivity contribution in [1.29, 1.82) is 0 Å². The van der Waals surface area contributed by atoms with Crippen LogP contribution in [0.3, 0.4) is 0 Å². The molecule has 0 saturated carbocycles. The van der Waals surface area contributed by atoms with Gasteiger partial charge in [0, 0.05) is 17.3 Å². The number of alkyl halides is 3. The van der Waals surface area contributed by atoms with Crippen LogP contribution in [0, 0.1) is 0 Å². The molecule has 1 aliphatic heterocycles. The molecule has 0 aliphatic carbocycles. The third kappa shape index (κ3) is 3.88. The first-order valence-electron chi connectivity index (χ1n) is 7.12. The Balaban J connectivity index is 1.65. The van der Waals surface area contributed by atoms with Gasteiger partial charge in [-0.15, -0.1) is 0 Å². The van der Waals surface area contributed by atoms with E-state index in [2.05, 4.69) is 4.98 Å². The van der Waals surface area contributed by atoms with Gasteiger partial charge < -0.3 is 4.74 Å². The number of pyridine rings is 1. The van der Waals surface area contributed by atoms with Crippen molar-refractivity contribution in [2.24, 2.45) is 0 Å². The number of nitrogens with zero attached hydrogens (tertiary/aromatic N) is 2. The second-order valence-corrected chi connectivity index (χ2v) is 7.77. The van der Waals surface area contributed by atoms with Crippen LogP contribution in [0.15, 0.2) is 47.5 Å². The second-order valence-electron chi connectivity index (χ2n) is 5.40. The zero-order chi connectivity index (χ0) is 18.2. The Morgan fingerprint density at radius 1 is 1.20 bits per heavy atom. The molecule has 1 aromatic heterocycles. The molecule has 3 rings (SSSR count). The number of sulfonamides is 1. The fraction of sp³-hybridized carbons (Fsp3) is 0.267. The van der Waals surface area contributed by atoms with Gasteiger partial charge in [0.15, 0.2) is 0 Å². The summed E-state index contributed by atoms with van der Waals surface area (Å²) in [5.41, 5.74) is -0.875. The van der Waals surface area contributed by atoms with Gasteiger partial charge in [-0.25, -0.2) is 13.4 Å². The van der Waals surface area contributed by atoms with Gasteiger partial charge in [-0.3, -0.25) is 0 Å². The molecule has 0 atom stereocenters. The molecule has 5 nitrogen and oxygen atoms in total. The van der Waals surface area contributed by atoms with Gasteiger partial charge in [0.2, 0.25) is 15.9 Å². The predicted octanol–water partition coefficient (Wildman–Crippen LogP) is 3.21. The highest BCUT2D eigenvalue weighted by Gasteiger charge is 2.39. The molecule has 1 saturated heterocycles. The van der Waals surface area contributed by atoms with E-state index in [1.54, 1.807) is 6.07 Å². The van der Waals surface area contributed by atoms with Crippen LogP contribution >= 0.6 is 11.6 Å². The minimum atomic E-state index is -4.50. The zero-order valence-electron chi connectivity index (χ0n) is 12.6. The molecule has 2 heterocycles. The minimum absolute atomic E-state index is 0.0206. The van der Waals surface area contributed by atoms with Crippen LogP contribution in [0.2, 0.25) is 5.02 Å². The highest BCUT2D eigenvalue weighted by molar-refractivity contribution is 7.89. The lowest BCUT2D eigenvalue weighted by Gasteiger charge is -2.37. The van der Waals surface area contributed by atoms with Gasteiger partial charge in [0.05, 0.1) is 23.5 Å². The van der Waals surface area contributed by atoms with Crippen LogP contribution in [-0.4, -0.2) is 36.9 Å². The molecule has 0 radical (unpaired) electrons. The highest BCUT2D eigenvalue weighted by atomic mass is 35.5. The summed E-state index contributed by atoms with van der Waals surface area (Å²) < 4.78 is 69.3. The van der Waals surface area contributed by atoms with Crippen molar-refractivity contribution in [3.05, 3.63) is 53.2 Å². The molecule has 1 aromatic carbocycles. The summed E-state index contributed by atoms with van der Waals surface area (Å²) in [5.74, 6) is -0.195. The van der Waals surface area contributed by atoms with E-state index in [-0.39, 0.29) is 23.9 Å². The molecule has 25 heavy (non-hydrogen) atoms. The van der Waals surface area contributed by atoms with Gasteiger partial charge in [-0.1, -0.05) is 17.7 Å². The Kier molecular flexibility index (Phi) is 4.65. The van der Waals surface area contributed by atoms with Crippen molar-refractivity contribution in [2.45, 2.75) is 17.2 Å². The third-order valence-corrected chi connectivity index (χ3v) is 5.66. The molecule has 0 N–H and O–H groups in total. The van der Waals surface area contributed by atoms with Crippen LogP contribution in [0.5, 0.6) is 5.88 Å². The maximum absolute atomic E-state index is 12.7. The number of rotatable bonds is 4. The number of benzene rings is 1. The van der Waals surface area contributed by atoms with Crippen LogP contribution in [0.4, 0.5) is 13.2 Å². The predicted molar refractivity (Wildman–Crippen MR) is 83.9 cm³/mol. The number of ether oxygens (including phenoxy) is 1. The summed E-state index contributed by atoms with van der Waals surface area (Å²) >= 11 is 5.80. The SMILES string of the molecule is O=S(=O)(c1cccc(Cl)c1)N1CC(Oc2cc(C(F)(F)F)ccn2)C1. The Bertz CT molecular complexity index is 884. The van der Waals surface area contributed by atoms with Gasteiger partial charge in [0.25, 0.3) is 0 Å². The van der Waals surface area contributed by atoms with Crippen molar-refractivity contribution in [3.63, 3.8) is 0 Å². The Hall–Kier alpha value is -1.84. The number of hydrogen-bond acceptors (Lipinski definition) is 4. The molecular formula is C15H12ClF3N2O3S. The molecule has 1 aliphatic rings.